The SMILES string of the molecule is CCCCCCCCCC(O)CC(CCCCCC(=O)O)S(=O)(=O)O. The molecule has 6 nitrogen and oxygen atoms in total. The molecule has 0 rings (SSSR count). The van der Waals surface area contributed by atoms with Crippen LogP contribution in [0.2, 0.25) is 0 Å². The number of hydrogen-bond acceptors (Lipinski definition) is 4. The molecule has 0 saturated carbocycles. The third-order valence-electron chi connectivity index (χ3n) is 4.51. The number of aliphatic hydroxyl groups excluding tert-OH is 1. The second kappa shape index (κ2) is 14.5. The number of aliphatic hydroxyl groups is 1. The van der Waals surface area contributed by atoms with Crippen molar-refractivity contribution in [2.75, 3.05) is 0 Å². The molecule has 0 aliphatic carbocycles. The summed E-state index contributed by atoms with van der Waals surface area (Å²) < 4.78 is 32.3. The van der Waals surface area contributed by atoms with Crippen LogP contribution in [-0.2, 0) is 14.9 Å². The summed E-state index contributed by atoms with van der Waals surface area (Å²) in [6.45, 7) is 2.17. The van der Waals surface area contributed by atoms with Crippen molar-refractivity contribution in [1.82, 2.24) is 0 Å². The zero-order valence-corrected chi connectivity index (χ0v) is 16.3. The average molecular weight is 381 g/mol. The molecule has 0 aliphatic heterocycles. The maximum Gasteiger partial charge on any atom is 0.303 e. The highest BCUT2D eigenvalue weighted by molar-refractivity contribution is 7.86. The minimum Gasteiger partial charge on any atom is -0.481 e. The predicted octanol–water partition coefficient (Wildman–Crippen LogP) is 4.17. The van der Waals surface area contributed by atoms with Gasteiger partial charge in [0.15, 0.2) is 0 Å². The van der Waals surface area contributed by atoms with Gasteiger partial charge in [-0.15, -0.1) is 0 Å². The zero-order chi connectivity index (χ0) is 19.1. The van der Waals surface area contributed by atoms with Gasteiger partial charge in [-0.25, -0.2) is 0 Å². The Morgan fingerprint density at radius 3 is 1.96 bits per heavy atom. The maximum absolute atomic E-state index is 11.5. The Morgan fingerprint density at radius 1 is 0.880 bits per heavy atom. The molecule has 0 bridgehead atoms. The zero-order valence-electron chi connectivity index (χ0n) is 15.5. The van der Waals surface area contributed by atoms with Crippen LogP contribution in [0.3, 0.4) is 0 Å². The van der Waals surface area contributed by atoms with Gasteiger partial charge in [0.25, 0.3) is 10.1 Å². The van der Waals surface area contributed by atoms with Crippen LogP contribution in [0.5, 0.6) is 0 Å². The van der Waals surface area contributed by atoms with E-state index in [1.807, 2.05) is 0 Å². The van der Waals surface area contributed by atoms with E-state index < -0.39 is 27.4 Å². The first-order valence-electron chi connectivity index (χ1n) is 9.63. The van der Waals surface area contributed by atoms with Crippen molar-refractivity contribution in [2.45, 2.75) is 108 Å². The molecule has 150 valence electrons. The molecule has 7 heteroatoms. The number of carbonyl (C=O) groups is 1. The lowest BCUT2D eigenvalue weighted by Gasteiger charge is -2.18. The van der Waals surface area contributed by atoms with Gasteiger partial charge in [-0.1, -0.05) is 64.7 Å². The highest BCUT2D eigenvalue weighted by atomic mass is 32.2. The lowest BCUT2D eigenvalue weighted by Crippen LogP contribution is -2.26. The van der Waals surface area contributed by atoms with Crippen LogP contribution in [0.4, 0.5) is 0 Å². The lowest BCUT2D eigenvalue weighted by molar-refractivity contribution is -0.137. The monoisotopic (exact) mass is 380 g/mol. The van der Waals surface area contributed by atoms with Crippen molar-refractivity contribution in [3.8, 4) is 0 Å². The van der Waals surface area contributed by atoms with Gasteiger partial charge in [0.1, 0.15) is 0 Å². The van der Waals surface area contributed by atoms with E-state index in [9.17, 15) is 22.9 Å². The predicted molar refractivity (Wildman–Crippen MR) is 99.3 cm³/mol. The first kappa shape index (κ1) is 24.3. The van der Waals surface area contributed by atoms with E-state index in [-0.39, 0.29) is 19.3 Å². The molecule has 0 aromatic carbocycles. The van der Waals surface area contributed by atoms with Gasteiger partial charge in [0.05, 0.1) is 11.4 Å². The fraction of sp³-hybridized carbons (Fsp3) is 0.944. The standard InChI is InChI=1S/C18H36O6S/c1-2-3-4-5-6-7-9-12-16(19)15-17(25(22,23)24)13-10-8-11-14-18(20)21/h16-17,19H,2-15H2,1H3,(H,20,21)(H,22,23,24). The second-order valence-electron chi connectivity index (χ2n) is 6.93. The van der Waals surface area contributed by atoms with Gasteiger partial charge in [0.2, 0.25) is 0 Å². The van der Waals surface area contributed by atoms with E-state index in [0.29, 0.717) is 25.7 Å². The minimum absolute atomic E-state index is 0.0492. The molecule has 0 aromatic heterocycles. The number of carboxylic acid groups (broad SMARTS) is 1. The molecular formula is C18H36O6S. The number of aliphatic carboxylic acids is 1. The summed E-state index contributed by atoms with van der Waals surface area (Å²) in [6, 6.07) is 0. The molecule has 2 atom stereocenters. The first-order valence-corrected chi connectivity index (χ1v) is 11.1. The van der Waals surface area contributed by atoms with Crippen molar-refractivity contribution in [3.63, 3.8) is 0 Å². The third kappa shape index (κ3) is 15.3. The normalized spacial score (nSPS) is 14.4. The van der Waals surface area contributed by atoms with E-state index in [4.69, 9.17) is 5.11 Å². The van der Waals surface area contributed by atoms with Gasteiger partial charge in [0, 0.05) is 6.42 Å². The van der Waals surface area contributed by atoms with Crippen molar-refractivity contribution in [1.29, 1.82) is 0 Å². The molecule has 3 N–H and O–H groups in total. The second-order valence-corrected chi connectivity index (χ2v) is 8.63. The van der Waals surface area contributed by atoms with Gasteiger partial charge >= 0.3 is 5.97 Å². The van der Waals surface area contributed by atoms with E-state index in [1.165, 1.54) is 25.7 Å². The summed E-state index contributed by atoms with van der Waals surface area (Å²) in [6.07, 6.45) is 9.78. The number of rotatable bonds is 17. The van der Waals surface area contributed by atoms with Crippen LogP contribution in [0.1, 0.15) is 96.8 Å². The fourth-order valence-electron chi connectivity index (χ4n) is 2.97. The molecule has 0 fully saturated rings. The molecule has 0 amide bonds. The topological polar surface area (TPSA) is 112 Å². The molecule has 2 unspecified atom stereocenters. The van der Waals surface area contributed by atoms with Crippen LogP contribution in [-0.4, -0.2) is 40.5 Å². The van der Waals surface area contributed by atoms with Gasteiger partial charge in [-0.3, -0.25) is 9.35 Å². The quantitative estimate of drug-likeness (QED) is 0.258. The van der Waals surface area contributed by atoms with Crippen molar-refractivity contribution >= 4 is 16.1 Å². The van der Waals surface area contributed by atoms with E-state index in [1.54, 1.807) is 0 Å². The molecule has 0 aliphatic rings. The number of hydrogen-bond donors (Lipinski definition) is 3. The van der Waals surface area contributed by atoms with Crippen LogP contribution >= 0.6 is 0 Å². The molecule has 0 heterocycles. The molecule has 0 aromatic rings. The molecule has 0 radical (unpaired) electrons. The Hall–Kier alpha value is -0.660. The van der Waals surface area contributed by atoms with Crippen LogP contribution in [0, 0.1) is 0 Å². The molecule has 25 heavy (non-hydrogen) atoms. The number of carboxylic acids is 1. The molecule has 0 saturated heterocycles. The maximum atomic E-state index is 11.5. The van der Waals surface area contributed by atoms with Gasteiger partial charge in [-0.05, 0) is 25.7 Å². The van der Waals surface area contributed by atoms with Crippen molar-refractivity contribution in [3.05, 3.63) is 0 Å². The summed E-state index contributed by atoms with van der Waals surface area (Å²) in [4.78, 5) is 10.4. The van der Waals surface area contributed by atoms with Crippen LogP contribution in [0.25, 0.3) is 0 Å². The van der Waals surface area contributed by atoms with Gasteiger partial charge in [-0.2, -0.15) is 8.42 Å². The summed E-state index contributed by atoms with van der Waals surface area (Å²) in [5, 5.41) is 17.6. The summed E-state index contributed by atoms with van der Waals surface area (Å²) in [5.74, 6) is -0.864. The highest BCUT2D eigenvalue weighted by Crippen LogP contribution is 2.19. The van der Waals surface area contributed by atoms with Crippen LogP contribution in [0.15, 0.2) is 0 Å². The lowest BCUT2D eigenvalue weighted by atomic mass is 10.0. The Labute approximate surface area is 152 Å². The highest BCUT2D eigenvalue weighted by Gasteiger charge is 2.25. The smallest absolute Gasteiger partial charge is 0.303 e. The Bertz CT molecular complexity index is 435. The van der Waals surface area contributed by atoms with E-state index >= 15 is 0 Å². The molecule has 0 spiro atoms. The third-order valence-corrected chi connectivity index (χ3v) is 5.78. The minimum atomic E-state index is -4.19. The van der Waals surface area contributed by atoms with Crippen LogP contribution < -0.4 is 0 Å². The first-order chi connectivity index (χ1) is 11.8. The summed E-state index contributed by atoms with van der Waals surface area (Å²) in [7, 11) is -4.19. The average Bonchev–Trinajstić information content (AvgIpc) is 2.51. The van der Waals surface area contributed by atoms with E-state index in [2.05, 4.69) is 6.92 Å². The van der Waals surface area contributed by atoms with Crippen molar-refractivity contribution < 1.29 is 28.0 Å². The van der Waals surface area contributed by atoms with Gasteiger partial charge < -0.3 is 10.2 Å². The fourth-order valence-corrected chi connectivity index (χ4v) is 3.90. The Balaban J connectivity index is 3.98. The number of unbranched alkanes of at least 4 members (excludes halogenated alkanes) is 8. The summed E-state index contributed by atoms with van der Waals surface area (Å²) in [5.41, 5.74) is 0. The Kier molecular flexibility index (Phi) is 14.1. The van der Waals surface area contributed by atoms with Crippen molar-refractivity contribution in [2.24, 2.45) is 0 Å². The molecular weight excluding hydrogens is 344 g/mol. The van der Waals surface area contributed by atoms with E-state index in [0.717, 1.165) is 19.3 Å². The summed E-state index contributed by atoms with van der Waals surface area (Å²) >= 11 is 0. The Morgan fingerprint density at radius 2 is 1.40 bits per heavy atom. The largest absolute Gasteiger partial charge is 0.481 e.